The smallest absolute Gasteiger partial charge is 0.292 e. The molecule has 3 rings (SSSR count). The molecule has 1 saturated carbocycles. The van der Waals surface area contributed by atoms with Gasteiger partial charge in [0.2, 0.25) is 0 Å². The number of hydrogen-bond acceptors (Lipinski definition) is 6. The van der Waals surface area contributed by atoms with Gasteiger partial charge in [-0.25, -0.2) is 13.8 Å². The van der Waals surface area contributed by atoms with Crippen molar-refractivity contribution >= 4 is 12.2 Å². The first-order valence-electron chi connectivity index (χ1n) is 12.8. The highest BCUT2D eigenvalue weighted by Crippen LogP contribution is 2.37. The van der Waals surface area contributed by atoms with Gasteiger partial charge < -0.3 is 14.6 Å². The lowest BCUT2D eigenvalue weighted by Gasteiger charge is -2.20. The zero-order chi connectivity index (χ0) is 28.2. The second-order valence-corrected chi connectivity index (χ2v) is 9.10. The number of aliphatic hydroxyl groups is 1. The molecule has 0 aliphatic heterocycles. The van der Waals surface area contributed by atoms with Gasteiger partial charge in [-0.3, -0.25) is 9.79 Å². The van der Waals surface area contributed by atoms with Gasteiger partial charge in [0, 0.05) is 23.5 Å². The first kappa shape index (κ1) is 30.8. The van der Waals surface area contributed by atoms with Crippen molar-refractivity contribution in [2.45, 2.75) is 59.3 Å². The molecule has 6 nitrogen and oxygen atoms in total. The maximum atomic E-state index is 14.8. The highest BCUT2D eigenvalue weighted by molar-refractivity contribution is 5.89. The van der Waals surface area contributed by atoms with Crippen LogP contribution in [-0.2, 0) is 9.53 Å². The molecule has 0 bridgehead atoms. The van der Waals surface area contributed by atoms with Crippen LogP contribution >= 0.6 is 0 Å². The van der Waals surface area contributed by atoms with Gasteiger partial charge in [0.1, 0.15) is 23.1 Å². The van der Waals surface area contributed by atoms with E-state index in [1.54, 1.807) is 19.2 Å². The molecular formula is C30H38F2N2O4. The third kappa shape index (κ3) is 8.05. The van der Waals surface area contributed by atoms with Crippen LogP contribution in [0.2, 0.25) is 0 Å². The minimum Gasteiger partial charge on any atom is -0.491 e. The molecule has 0 saturated heterocycles. The van der Waals surface area contributed by atoms with Crippen LogP contribution in [0.1, 0.15) is 62.3 Å². The molecule has 1 N–H and O–H groups in total. The van der Waals surface area contributed by atoms with Crippen LogP contribution in [0.25, 0.3) is 11.3 Å². The number of pyridine rings is 1. The summed E-state index contributed by atoms with van der Waals surface area (Å²) in [5.74, 6) is -0.841. The number of carbonyl (C=O) groups is 1. The number of rotatable bonds is 12. The van der Waals surface area contributed by atoms with E-state index in [-0.39, 0.29) is 17.9 Å². The number of hydrogen-bond donors (Lipinski definition) is 1. The van der Waals surface area contributed by atoms with Crippen molar-refractivity contribution in [1.82, 2.24) is 4.98 Å². The first-order valence-corrected chi connectivity index (χ1v) is 12.8. The molecule has 1 atom stereocenters. The number of aromatic nitrogens is 1. The van der Waals surface area contributed by atoms with Crippen LogP contribution in [0.5, 0.6) is 5.75 Å². The van der Waals surface area contributed by atoms with Gasteiger partial charge >= 0.3 is 0 Å². The van der Waals surface area contributed by atoms with E-state index in [4.69, 9.17) is 19.5 Å². The van der Waals surface area contributed by atoms with E-state index >= 15 is 0 Å². The summed E-state index contributed by atoms with van der Waals surface area (Å²) in [4.78, 5) is 18.4. The summed E-state index contributed by atoms with van der Waals surface area (Å²) in [6, 6.07) is 4.14. The summed E-state index contributed by atoms with van der Waals surface area (Å²) in [6.45, 7) is 11.9. The van der Waals surface area contributed by atoms with Gasteiger partial charge in [-0.15, -0.1) is 0 Å². The Morgan fingerprint density at radius 1 is 1.21 bits per heavy atom. The lowest BCUT2D eigenvalue weighted by molar-refractivity contribution is -0.126. The fourth-order valence-corrected chi connectivity index (χ4v) is 4.07. The third-order valence-electron chi connectivity index (χ3n) is 6.18. The molecule has 206 valence electrons. The van der Waals surface area contributed by atoms with Crippen LogP contribution in [-0.4, -0.2) is 42.6 Å². The van der Waals surface area contributed by atoms with Crippen LogP contribution in [0.3, 0.4) is 0 Å². The van der Waals surface area contributed by atoms with Crippen molar-refractivity contribution < 1.29 is 28.2 Å². The molecule has 1 unspecified atom stereocenters. The maximum Gasteiger partial charge on any atom is 0.292 e. The van der Waals surface area contributed by atoms with Crippen molar-refractivity contribution in [1.29, 1.82) is 0 Å². The lowest BCUT2D eigenvalue weighted by Crippen LogP contribution is -2.11. The van der Waals surface area contributed by atoms with Crippen molar-refractivity contribution in [2.75, 3.05) is 20.3 Å². The Bertz CT molecular complexity index is 1170. The van der Waals surface area contributed by atoms with E-state index in [0.29, 0.717) is 36.0 Å². The number of methoxy groups -OCH3 is 1. The average molecular weight is 529 g/mol. The Kier molecular flexibility index (Phi) is 12.3. The number of halogens is 2. The molecule has 2 aromatic rings. The van der Waals surface area contributed by atoms with Gasteiger partial charge in [0.25, 0.3) is 6.47 Å². The molecule has 1 aromatic carbocycles. The van der Waals surface area contributed by atoms with Crippen molar-refractivity contribution in [2.24, 2.45) is 10.9 Å². The number of allylic oxidation sites excluding steroid dienone is 1. The number of aryl methyl sites for hydroxylation is 2. The van der Waals surface area contributed by atoms with Gasteiger partial charge in [-0.05, 0) is 74.8 Å². The Balaban J connectivity index is 0.00000118. The fraction of sp³-hybridized carbons (Fsp3) is 0.433. The summed E-state index contributed by atoms with van der Waals surface area (Å²) < 4.78 is 38.4. The van der Waals surface area contributed by atoms with Crippen LogP contribution in [0.4, 0.5) is 8.78 Å². The van der Waals surface area contributed by atoms with Gasteiger partial charge in [0.05, 0.1) is 31.9 Å². The van der Waals surface area contributed by atoms with E-state index in [9.17, 15) is 13.9 Å². The van der Waals surface area contributed by atoms with Crippen LogP contribution in [0, 0.1) is 31.4 Å². The summed E-state index contributed by atoms with van der Waals surface area (Å²) in [6.07, 6.45) is 7.77. The summed E-state index contributed by atoms with van der Waals surface area (Å²) in [5, 5.41) is 10.3. The molecule has 1 aliphatic rings. The zero-order valence-electron chi connectivity index (χ0n) is 22.9. The maximum absolute atomic E-state index is 14.8. The summed E-state index contributed by atoms with van der Waals surface area (Å²) >= 11 is 0. The van der Waals surface area contributed by atoms with Crippen molar-refractivity contribution in [3.8, 4) is 17.0 Å². The average Bonchev–Trinajstić information content (AvgIpc) is 3.75. The Morgan fingerprint density at radius 3 is 2.42 bits per heavy atom. The minimum absolute atomic E-state index is 0.158. The van der Waals surface area contributed by atoms with E-state index in [1.807, 2.05) is 19.9 Å². The second-order valence-electron chi connectivity index (χ2n) is 9.10. The van der Waals surface area contributed by atoms with Gasteiger partial charge in [-0.2, -0.15) is 0 Å². The van der Waals surface area contributed by atoms with Gasteiger partial charge in [-0.1, -0.05) is 26.0 Å². The first-order chi connectivity index (χ1) is 18.3. The van der Waals surface area contributed by atoms with E-state index < -0.39 is 17.6 Å². The summed E-state index contributed by atoms with van der Waals surface area (Å²) in [5.41, 5.74) is 3.96. The number of carbonyl (C=O) groups excluding carboxylic acids is 1. The number of aliphatic imine (C=N–C) groups is 1. The fourth-order valence-electron chi connectivity index (χ4n) is 4.07. The molecule has 1 aromatic heterocycles. The zero-order valence-corrected chi connectivity index (χ0v) is 22.9. The number of aliphatic hydroxyl groups excluding tert-OH is 1. The van der Waals surface area contributed by atoms with E-state index in [0.717, 1.165) is 30.0 Å². The molecule has 0 amide bonds. The SMILES string of the molecule is C=C/C(=C\N=C(CCC)C1CC1)C(CO)c1cc(C)c(OCC)c(-c2cc(C)c(F)cc2F)n1.COC=O. The molecule has 1 aliphatic carbocycles. The second kappa shape index (κ2) is 15.1. The standard InChI is InChI=1S/C28H34F2N2O2.C2H4O2/c1-6-9-25(20-10-11-20)31-15-19(7-2)22(16-33)26-13-18(5)28(34-8-3)27(32-26)21-12-17(4)23(29)14-24(21)30;1-4-2-3/h7,12-15,20,22,33H,2,6,8-11,16H2,1,3-5H3;2H,1H3/b19-15+,31-25?;. The van der Waals surface area contributed by atoms with Crippen LogP contribution in [0.15, 0.2) is 47.6 Å². The van der Waals surface area contributed by atoms with Crippen LogP contribution < -0.4 is 4.74 Å². The van der Waals surface area contributed by atoms with Crippen molar-refractivity contribution in [3.05, 3.63) is 71.1 Å². The molecule has 1 heterocycles. The Hall–Kier alpha value is -3.39. The van der Waals surface area contributed by atoms with Gasteiger partial charge in [0.15, 0.2) is 0 Å². The summed E-state index contributed by atoms with van der Waals surface area (Å²) in [7, 11) is 1.31. The minimum atomic E-state index is -0.716. The van der Waals surface area contributed by atoms with E-state index in [1.165, 1.54) is 31.7 Å². The highest BCUT2D eigenvalue weighted by Gasteiger charge is 2.27. The molecule has 8 heteroatoms. The Labute approximate surface area is 224 Å². The quantitative estimate of drug-likeness (QED) is 0.190. The highest BCUT2D eigenvalue weighted by atomic mass is 19.1. The topological polar surface area (TPSA) is 81.0 Å². The molecule has 0 spiro atoms. The predicted molar refractivity (Wildman–Crippen MR) is 146 cm³/mol. The molecule has 0 radical (unpaired) electrons. The monoisotopic (exact) mass is 528 g/mol. The number of nitrogens with zero attached hydrogens (tertiary/aromatic N) is 2. The number of benzene rings is 1. The molecular weight excluding hydrogens is 490 g/mol. The normalized spacial score (nSPS) is 14.3. The third-order valence-corrected chi connectivity index (χ3v) is 6.18. The van der Waals surface area contributed by atoms with Crippen molar-refractivity contribution in [3.63, 3.8) is 0 Å². The largest absolute Gasteiger partial charge is 0.491 e. The Morgan fingerprint density at radius 2 is 1.89 bits per heavy atom. The molecule has 38 heavy (non-hydrogen) atoms. The molecule has 1 fully saturated rings. The number of ether oxygens (including phenoxy) is 2. The lowest BCUT2D eigenvalue weighted by atomic mass is 9.94. The predicted octanol–water partition coefficient (Wildman–Crippen LogP) is 6.63. The van der Waals surface area contributed by atoms with E-state index in [2.05, 4.69) is 18.2 Å².